The first kappa shape index (κ1) is 27.6. The lowest BCUT2D eigenvalue weighted by Crippen LogP contribution is -2.49. The van der Waals surface area contributed by atoms with E-state index in [9.17, 15) is 23.2 Å². The molecule has 2 fully saturated rings. The van der Waals surface area contributed by atoms with Crippen LogP contribution < -0.4 is 20.1 Å². The van der Waals surface area contributed by atoms with Crippen LogP contribution in [0.2, 0.25) is 0 Å². The fourth-order valence-corrected chi connectivity index (χ4v) is 5.39. The molecule has 42 heavy (non-hydrogen) atoms. The van der Waals surface area contributed by atoms with Gasteiger partial charge in [0.25, 0.3) is 5.91 Å². The van der Waals surface area contributed by atoms with Crippen LogP contribution in [0.15, 0.2) is 48.5 Å². The molecule has 3 aliphatic rings. The summed E-state index contributed by atoms with van der Waals surface area (Å²) in [6.07, 6.45) is 4.93. The van der Waals surface area contributed by atoms with Gasteiger partial charge in [0.1, 0.15) is 23.7 Å². The van der Waals surface area contributed by atoms with Gasteiger partial charge in [-0.15, -0.1) is 0 Å². The second-order valence-electron chi connectivity index (χ2n) is 10.8. The number of allylic oxidation sites excluding steroid dienone is 1. The fourth-order valence-electron chi connectivity index (χ4n) is 5.39. The van der Waals surface area contributed by atoms with Gasteiger partial charge in [-0.05, 0) is 61.6 Å². The van der Waals surface area contributed by atoms with Crippen LogP contribution in [-0.4, -0.2) is 59.7 Å². The van der Waals surface area contributed by atoms with Crippen LogP contribution >= 0.6 is 0 Å². The third-order valence-electron chi connectivity index (χ3n) is 7.73. The number of ether oxygens (including phenoxy) is 2. The quantitative estimate of drug-likeness (QED) is 0.419. The molecule has 0 bridgehead atoms. The maximum atomic E-state index is 14.5. The molecule has 2 N–H and O–H groups in total. The van der Waals surface area contributed by atoms with Gasteiger partial charge in [0, 0.05) is 17.4 Å². The number of fused-ring (bicyclic) bond motifs is 2. The second-order valence-corrected chi connectivity index (χ2v) is 10.8. The molecule has 1 saturated carbocycles. The summed E-state index contributed by atoms with van der Waals surface area (Å²) < 4.78 is 39.2. The number of halogens is 2. The first-order valence-electron chi connectivity index (χ1n) is 14.0. The number of nitrogens with one attached hydrogen (secondary N) is 2. The maximum absolute atomic E-state index is 14.5. The summed E-state index contributed by atoms with van der Waals surface area (Å²) >= 11 is 0. The molecule has 0 radical (unpaired) electrons. The highest BCUT2D eigenvalue weighted by Gasteiger charge is 2.40. The van der Waals surface area contributed by atoms with E-state index >= 15 is 0 Å². The molecule has 6 rings (SSSR count). The van der Waals surface area contributed by atoms with Crippen molar-refractivity contribution in [1.82, 2.24) is 20.5 Å². The smallest absolute Gasteiger partial charge is 0.270 e. The minimum Gasteiger partial charge on any atom is -0.454 e. The standard InChI is InChI=1S/C31H30F2N4O5/c1-17(28-19(5-4-18-2-3-18)7-11-26-29(28)42-16-41-26)35-31(40)25-13-22(33)15-37(25)27(38)14-34-30(39)24-9-6-20-12-21(32)8-10-23(20)36-24/h4-12,17-18,22,25H,2-3,13-16H2,1H3,(H,34,39)(H,35,40)/b5-4+/t17-,22+,25-/m0/s1. The molecule has 3 atom stereocenters. The van der Waals surface area contributed by atoms with Crippen LogP contribution in [-0.2, 0) is 9.59 Å². The van der Waals surface area contributed by atoms with Crippen molar-refractivity contribution in [2.24, 2.45) is 5.92 Å². The number of hydrogen-bond acceptors (Lipinski definition) is 6. The summed E-state index contributed by atoms with van der Waals surface area (Å²) in [4.78, 5) is 44.5. The van der Waals surface area contributed by atoms with E-state index in [1.54, 1.807) is 6.07 Å². The van der Waals surface area contributed by atoms with E-state index in [2.05, 4.69) is 21.7 Å². The molecule has 3 heterocycles. The van der Waals surface area contributed by atoms with Crippen molar-refractivity contribution in [2.75, 3.05) is 19.9 Å². The zero-order valence-corrected chi connectivity index (χ0v) is 22.9. The monoisotopic (exact) mass is 576 g/mol. The zero-order valence-electron chi connectivity index (χ0n) is 22.9. The summed E-state index contributed by atoms with van der Waals surface area (Å²) in [7, 11) is 0. The lowest BCUT2D eigenvalue weighted by atomic mass is 9.98. The van der Waals surface area contributed by atoms with E-state index in [1.165, 1.54) is 24.3 Å². The number of carbonyl (C=O) groups is 3. The Morgan fingerprint density at radius 3 is 2.79 bits per heavy atom. The predicted octanol–water partition coefficient (Wildman–Crippen LogP) is 4.07. The first-order valence-corrected chi connectivity index (χ1v) is 14.0. The Labute approximate surface area is 240 Å². The number of benzene rings is 2. The highest BCUT2D eigenvalue weighted by atomic mass is 19.1. The Bertz CT molecular complexity index is 1590. The van der Waals surface area contributed by atoms with Crippen molar-refractivity contribution in [1.29, 1.82) is 0 Å². The van der Waals surface area contributed by atoms with Crippen molar-refractivity contribution >= 4 is 34.7 Å². The number of aromatic nitrogens is 1. The highest BCUT2D eigenvalue weighted by Crippen LogP contribution is 2.42. The lowest BCUT2D eigenvalue weighted by Gasteiger charge is -2.26. The van der Waals surface area contributed by atoms with Crippen molar-refractivity contribution in [2.45, 2.75) is 44.4 Å². The molecule has 0 unspecified atom stereocenters. The van der Waals surface area contributed by atoms with Crippen LogP contribution in [0.4, 0.5) is 8.78 Å². The third-order valence-corrected chi connectivity index (χ3v) is 7.73. The van der Waals surface area contributed by atoms with Crippen LogP contribution in [0.5, 0.6) is 11.5 Å². The summed E-state index contributed by atoms with van der Waals surface area (Å²) in [5, 5.41) is 5.96. The fraction of sp³-hybridized carbons (Fsp3) is 0.355. The van der Waals surface area contributed by atoms with Gasteiger partial charge in [0.15, 0.2) is 11.5 Å². The molecule has 3 aromatic rings. The normalized spacial score (nSPS) is 20.2. The van der Waals surface area contributed by atoms with Gasteiger partial charge < -0.3 is 25.0 Å². The molecule has 2 aromatic carbocycles. The molecule has 1 aromatic heterocycles. The molecule has 1 saturated heterocycles. The van der Waals surface area contributed by atoms with E-state index in [-0.39, 0.29) is 25.5 Å². The predicted molar refractivity (Wildman–Crippen MR) is 150 cm³/mol. The van der Waals surface area contributed by atoms with E-state index < -0.39 is 48.3 Å². The van der Waals surface area contributed by atoms with Crippen LogP contribution in [0, 0.1) is 11.7 Å². The van der Waals surface area contributed by atoms with Gasteiger partial charge in [-0.2, -0.15) is 0 Å². The Morgan fingerprint density at radius 2 is 1.98 bits per heavy atom. The summed E-state index contributed by atoms with van der Waals surface area (Å²) in [5.74, 6) is -0.442. The number of likely N-dealkylation sites (tertiary alicyclic amines) is 1. The SMILES string of the molecule is C[C@H](NC(=O)[C@@H]1C[C@@H](F)CN1C(=O)CNC(=O)c1ccc2cc(F)ccc2n1)c1c(/C=C/C2CC2)ccc2c1OCO2. The third kappa shape index (κ3) is 5.77. The van der Waals surface area contributed by atoms with Crippen LogP contribution in [0.25, 0.3) is 17.0 Å². The van der Waals surface area contributed by atoms with Crippen molar-refractivity contribution < 1.29 is 32.6 Å². The first-order chi connectivity index (χ1) is 20.3. The molecule has 11 heteroatoms. The number of pyridine rings is 1. The summed E-state index contributed by atoms with van der Waals surface area (Å²) in [6.45, 7) is 1.19. The molecular weight excluding hydrogens is 546 g/mol. The molecule has 9 nitrogen and oxygen atoms in total. The minimum absolute atomic E-state index is 0.0444. The number of hydrogen-bond donors (Lipinski definition) is 2. The molecule has 3 amide bonds. The van der Waals surface area contributed by atoms with Gasteiger partial charge in [-0.3, -0.25) is 14.4 Å². The summed E-state index contributed by atoms with van der Waals surface area (Å²) in [5.41, 5.74) is 2.11. The average Bonchev–Trinajstić information content (AvgIpc) is 3.54. The molecule has 0 spiro atoms. The van der Waals surface area contributed by atoms with Gasteiger partial charge in [-0.1, -0.05) is 24.3 Å². The minimum atomic E-state index is -1.38. The van der Waals surface area contributed by atoms with Gasteiger partial charge in [-0.25, -0.2) is 13.8 Å². The Balaban J connectivity index is 1.12. The second kappa shape index (κ2) is 11.4. The van der Waals surface area contributed by atoms with Crippen molar-refractivity contribution in [3.05, 3.63) is 71.2 Å². The highest BCUT2D eigenvalue weighted by molar-refractivity contribution is 5.97. The number of alkyl halides is 1. The largest absolute Gasteiger partial charge is 0.454 e. The zero-order chi connectivity index (χ0) is 29.4. The summed E-state index contributed by atoms with van der Waals surface area (Å²) in [6, 6.07) is 9.18. The van der Waals surface area contributed by atoms with E-state index in [0.29, 0.717) is 28.3 Å². The van der Waals surface area contributed by atoms with Gasteiger partial charge >= 0.3 is 0 Å². The van der Waals surface area contributed by atoms with Gasteiger partial charge in [0.2, 0.25) is 18.6 Å². The van der Waals surface area contributed by atoms with Crippen LogP contribution in [0.3, 0.4) is 0 Å². The molecule has 2 aliphatic heterocycles. The Hall–Kier alpha value is -4.54. The number of nitrogens with zero attached hydrogens (tertiary/aromatic N) is 2. The molecule has 218 valence electrons. The van der Waals surface area contributed by atoms with E-state index in [0.717, 1.165) is 28.9 Å². The van der Waals surface area contributed by atoms with Crippen molar-refractivity contribution in [3.8, 4) is 11.5 Å². The van der Waals surface area contributed by atoms with Crippen molar-refractivity contribution in [3.63, 3.8) is 0 Å². The lowest BCUT2D eigenvalue weighted by molar-refractivity contribution is -0.138. The molecule has 1 aliphatic carbocycles. The van der Waals surface area contributed by atoms with E-state index in [1.807, 2.05) is 25.1 Å². The number of amides is 3. The number of rotatable bonds is 8. The van der Waals surface area contributed by atoms with Crippen LogP contribution in [0.1, 0.15) is 53.8 Å². The Kier molecular flexibility index (Phi) is 7.49. The molecular formula is C31H30F2N4O5. The Morgan fingerprint density at radius 1 is 1.14 bits per heavy atom. The topological polar surface area (TPSA) is 110 Å². The van der Waals surface area contributed by atoms with E-state index in [4.69, 9.17) is 9.47 Å². The van der Waals surface area contributed by atoms with Gasteiger partial charge in [0.05, 0.1) is 24.6 Å². The maximum Gasteiger partial charge on any atom is 0.270 e. The average molecular weight is 577 g/mol. The number of carbonyl (C=O) groups excluding carboxylic acids is 3.